The first-order valence-electron chi connectivity index (χ1n) is 10.6. The number of amides is 1. The second-order valence-corrected chi connectivity index (χ2v) is 8.23. The monoisotopic (exact) mass is 435 g/mol. The maximum atomic E-state index is 13.4. The number of carbonyl (C=O) groups is 1. The largest absolute Gasteiger partial charge is 0.348 e. The topological polar surface area (TPSA) is 62.2 Å². The molecule has 1 saturated heterocycles. The van der Waals surface area contributed by atoms with E-state index < -0.39 is 0 Å². The molecule has 1 aromatic carbocycles. The van der Waals surface area contributed by atoms with Gasteiger partial charge in [-0.3, -0.25) is 9.69 Å². The van der Waals surface area contributed by atoms with Gasteiger partial charge in [-0.15, -0.1) is 12.4 Å². The molecule has 0 radical (unpaired) electrons. The van der Waals surface area contributed by atoms with E-state index in [1.165, 1.54) is 25.0 Å². The van der Waals surface area contributed by atoms with Crippen LogP contribution >= 0.6 is 12.4 Å². The van der Waals surface area contributed by atoms with E-state index in [4.69, 9.17) is 0 Å². The summed E-state index contributed by atoms with van der Waals surface area (Å²) >= 11 is 0. The van der Waals surface area contributed by atoms with Gasteiger partial charge >= 0.3 is 0 Å². The number of nitrogens with zero attached hydrogens (tertiary/aromatic N) is 3. The molecular formula is C22H31ClFN5O. The Balaban J connectivity index is 0.00000256. The maximum Gasteiger partial charge on any atom is 0.234 e. The first-order chi connectivity index (χ1) is 14.1. The first kappa shape index (κ1) is 22.7. The van der Waals surface area contributed by atoms with E-state index in [1.807, 2.05) is 17.8 Å². The Kier molecular flexibility index (Phi) is 7.86. The molecule has 1 aliphatic heterocycles. The van der Waals surface area contributed by atoms with E-state index in [9.17, 15) is 9.18 Å². The van der Waals surface area contributed by atoms with Crippen molar-refractivity contribution in [2.75, 3.05) is 26.2 Å². The van der Waals surface area contributed by atoms with Crippen molar-refractivity contribution in [3.8, 4) is 0 Å². The van der Waals surface area contributed by atoms with Crippen LogP contribution in [0.25, 0.3) is 0 Å². The zero-order chi connectivity index (χ0) is 20.2. The van der Waals surface area contributed by atoms with Gasteiger partial charge in [-0.2, -0.15) is 0 Å². The zero-order valence-electron chi connectivity index (χ0n) is 17.4. The molecule has 2 N–H and O–H groups in total. The van der Waals surface area contributed by atoms with E-state index in [2.05, 4.69) is 20.5 Å². The molecule has 8 heteroatoms. The zero-order valence-corrected chi connectivity index (χ0v) is 18.2. The van der Waals surface area contributed by atoms with Crippen LogP contribution in [0.3, 0.4) is 0 Å². The smallest absolute Gasteiger partial charge is 0.234 e. The Morgan fingerprint density at radius 3 is 2.70 bits per heavy atom. The van der Waals surface area contributed by atoms with E-state index >= 15 is 0 Å². The molecule has 1 aromatic heterocycles. The molecule has 1 aliphatic carbocycles. The fourth-order valence-electron chi connectivity index (χ4n) is 4.73. The van der Waals surface area contributed by atoms with Crippen LogP contribution in [0.1, 0.15) is 49.2 Å². The van der Waals surface area contributed by atoms with Gasteiger partial charge in [0.2, 0.25) is 5.91 Å². The van der Waals surface area contributed by atoms with Gasteiger partial charge in [0.05, 0.1) is 18.6 Å². The molecule has 6 nitrogen and oxygen atoms in total. The number of carbonyl (C=O) groups excluding carboxylic acids is 1. The third kappa shape index (κ3) is 5.20. The third-order valence-electron chi connectivity index (χ3n) is 6.27. The summed E-state index contributed by atoms with van der Waals surface area (Å²) in [6, 6.07) is 6.60. The lowest BCUT2D eigenvalue weighted by atomic mass is 9.91. The molecule has 4 rings (SSSR count). The normalized spacial score (nSPS) is 21.2. The van der Waals surface area contributed by atoms with E-state index in [0.29, 0.717) is 12.5 Å². The molecular weight excluding hydrogens is 405 g/mol. The predicted molar refractivity (Wildman–Crippen MR) is 117 cm³/mol. The number of aromatic nitrogens is 2. The summed E-state index contributed by atoms with van der Waals surface area (Å²) in [5, 5.41) is 6.68. The van der Waals surface area contributed by atoms with Crippen LogP contribution in [0.5, 0.6) is 0 Å². The Morgan fingerprint density at radius 1 is 1.30 bits per heavy atom. The van der Waals surface area contributed by atoms with Gasteiger partial charge in [0.1, 0.15) is 11.6 Å². The number of hydrogen-bond donors (Lipinski definition) is 2. The Labute approximate surface area is 183 Å². The highest BCUT2D eigenvalue weighted by atomic mass is 35.5. The number of aryl methyl sites for hydroxylation is 1. The lowest BCUT2D eigenvalue weighted by Crippen LogP contribution is -2.50. The highest BCUT2D eigenvalue weighted by molar-refractivity contribution is 5.85. The van der Waals surface area contributed by atoms with Gasteiger partial charge in [0, 0.05) is 39.1 Å². The number of benzene rings is 1. The average Bonchev–Trinajstić information content (AvgIpc) is 3.39. The second kappa shape index (κ2) is 10.4. The highest BCUT2D eigenvalue weighted by Crippen LogP contribution is 2.36. The minimum absolute atomic E-state index is 0. The summed E-state index contributed by atoms with van der Waals surface area (Å²) in [5.41, 5.74) is 0.993. The average molecular weight is 436 g/mol. The fraction of sp³-hybridized carbons (Fsp3) is 0.545. The highest BCUT2D eigenvalue weighted by Gasteiger charge is 2.31. The molecule has 2 unspecified atom stereocenters. The van der Waals surface area contributed by atoms with Gasteiger partial charge in [-0.25, -0.2) is 9.37 Å². The number of nitrogens with one attached hydrogen (secondary N) is 2. The Bertz CT molecular complexity index is 821. The second-order valence-electron chi connectivity index (χ2n) is 8.23. The molecule has 2 heterocycles. The summed E-state index contributed by atoms with van der Waals surface area (Å²) in [4.78, 5) is 19.7. The summed E-state index contributed by atoms with van der Waals surface area (Å²) in [6.07, 6.45) is 8.33. The van der Waals surface area contributed by atoms with E-state index in [0.717, 1.165) is 43.9 Å². The van der Waals surface area contributed by atoms with Crippen LogP contribution in [0.2, 0.25) is 0 Å². The molecule has 1 amide bonds. The molecule has 2 aliphatic rings. The molecule has 2 fully saturated rings. The van der Waals surface area contributed by atoms with Crippen molar-refractivity contribution < 1.29 is 9.18 Å². The molecule has 164 valence electrons. The molecule has 0 bridgehead atoms. The lowest BCUT2D eigenvalue weighted by Gasteiger charge is -2.35. The van der Waals surface area contributed by atoms with Gasteiger partial charge in [0.25, 0.3) is 0 Å². The van der Waals surface area contributed by atoms with Crippen LogP contribution in [0.4, 0.5) is 4.39 Å². The van der Waals surface area contributed by atoms with Crippen molar-refractivity contribution >= 4 is 18.3 Å². The van der Waals surface area contributed by atoms with Crippen LogP contribution in [-0.4, -0.2) is 46.5 Å². The number of halogens is 2. The van der Waals surface area contributed by atoms with Crippen molar-refractivity contribution in [3.05, 3.63) is 53.9 Å². The summed E-state index contributed by atoms with van der Waals surface area (Å²) in [6.45, 7) is 2.78. The van der Waals surface area contributed by atoms with E-state index in [-0.39, 0.29) is 36.2 Å². The standard InChI is InChI=1S/C22H30FN5O.ClH/c1-27-12-11-25-22(27)19-14-24-10-13-28(19)15-20(29)26-21(16-4-2-3-5-16)17-6-8-18(23)9-7-17;/h6-9,11-12,16,19,21,24H,2-5,10,13-15H2,1H3,(H,26,29);1H. The molecule has 1 saturated carbocycles. The minimum atomic E-state index is -0.246. The fourth-order valence-corrected chi connectivity index (χ4v) is 4.73. The van der Waals surface area contributed by atoms with Crippen molar-refractivity contribution in [3.63, 3.8) is 0 Å². The number of hydrogen-bond acceptors (Lipinski definition) is 4. The van der Waals surface area contributed by atoms with Crippen molar-refractivity contribution in [1.29, 1.82) is 0 Å². The number of piperazine rings is 1. The van der Waals surface area contributed by atoms with Crippen LogP contribution < -0.4 is 10.6 Å². The molecule has 30 heavy (non-hydrogen) atoms. The van der Waals surface area contributed by atoms with E-state index in [1.54, 1.807) is 18.3 Å². The van der Waals surface area contributed by atoms with Crippen LogP contribution in [-0.2, 0) is 11.8 Å². The SMILES string of the molecule is Cl.Cn1ccnc1C1CNCCN1CC(=O)NC(c1ccc(F)cc1)C1CCCC1. The maximum absolute atomic E-state index is 13.4. The Morgan fingerprint density at radius 2 is 2.03 bits per heavy atom. The third-order valence-corrected chi connectivity index (χ3v) is 6.27. The van der Waals surface area contributed by atoms with Gasteiger partial charge < -0.3 is 15.2 Å². The van der Waals surface area contributed by atoms with Crippen LogP contribution in [0, 0.1) is 11.7 Å². The summed E-state index contributed by atoms with van der Waals surface area (Å²) in [5.74, 6) is 1.16. The van der Waals surface area contributed by atoms with Gasteiger partial charge in [-0.05, 0) is 36.5 Å². The summed E-state index contributed by atoms with van der Waals surface area (Å²) < 4.78 is 15.4. The summed E-state index contributed by atoms with van der Waals surface area (Å²) in [7, 11) is 1.99. The quantitative estimate of drug-likeness (QED) is 0.732. The molecule has 2 aromatic rings. The molecule has 2 atom stereocenters. The van der Waals surface area contributed by atoms with Crippen molar-refractivity contribution in [1.82, 2.24) is 25.1 Å². The minimum Gasteiger partial charge on any atom is -0.348 e. The number of rotatable bonds is 6. The predicted octanol–water partition coefficient (Wildman–Crippen LogP) is 2.98. The van der Waals surface area contributed by atoms with Gasteiger partial charge in [-0.1, -0.05) is 25.0 Å². The van der Waals surface area contributed by atoms with Crippen molar-refractivity contribution in [2.24, 2.45) is 13.0 Å². The Hall–Kier alpha value is -1.96. The lowest BCUT2D eigenvalue weighted by molar-refractivity contribution is -0.124. The van der Waals surface area contributed by atoms with Crippen LogP contribution in [0.15, 0.2) is 36.7 Å². The number of imidazole rings is 1. The molecule has 0 spiro atoms. The van der Waals surface area contributed by atoms with Gasteiger partial charge in [0.15, 0.2) is 0 Å². The van der Waals surface area contributed by atoms with Crippen molar-refractivity contribution in [2.45, 2.75) is 37.8 Å². The first-order valence-corrected chi connectivity index (χ1v) is 10.6.